The zero-order chi connectivity index (χ0) is 32.9. The number of unbranched alkanes of at least 4 members (excludes halogenated alkanes) is 12. The molecule has 0 aliphatic carbocycles. The summed E-state index contributed by atoms with van der Waals surface area (Å²) in [5.41, 5.74) is 0. The van der Waals surface area contributed by atoms with E-state index in [9.17, 15) is 15.0 Å². The number of carbonyl (C=O) groups excluding carboxylic acids is 1. The molecule has 0 spiro atoms. The molecule has 0 radical (unpaired) electrons. The molecule has 0 fully saturated rings. The van der Waals surface area contributed by atoms with Crippen LogP contribution < -0.4 is 5.32 Å². The number of hydrogen-bond acceptors (Lipinski definition) is 3. The van der Waals surface area contributed by atoms with Gasteiger partial charge in [-0.3, -0.25) is 4.79 Å². The van der Waals surface area contributed by atoms with Crippen molar-refractivity contribution < 1.29 is 15.0 Å². The summed E-state index contributed by atoms with van der Waals surface area (Å²) in [4.78, 5) is 12.2. The van der Waals surface area contributed by atoms with E-state index in [1.165, 1.54) is 57.8 Å². The Hall–Kier alpha value is -2.43. The van der Waals surface area contributed by atoms with E-state index >= 15 is 0 Å². The Labute approximate surface area is 278 Å². The number of aliphatic hydroxyl groups is 2. The largest absolute Gasteiger partial charge is 0.394 e. The fraction of sp³-hybridized carbons (Fsp3) is 0.634. The van der Waals surface area contributed by atoms with Gasteiger partial charge in [0, 0.05) is 6.42 Å². The Morgan fingerprint density at radius 1 is 0.556 bits per heavy atom. The summed E-state index contributed by atoms with van der Waals surface area (Å²) in [6.45, 7) is 4.03. The third kappa shape index (κ3) is 32.8. The maximum atomic E-state index is 12.2. The van der Waals surface area contributed by atoms with Crippen molar-refractivity contribution in [1.82, 2.24) is 5.32 Å². The molecule has 0 aliphatic rings. The van der Waals surface area contributed by atoms with E-state index in [0.717, 1.165) is 70.6 Å². The van der Waals surface area contributed by atoms with Gasteiger partial charge in [-0.05, 0) is 64.2 Å². The molecule has 0 aromatic heterocycles. The molecule has 0 rings (SSSR count). The molecular formula is C41H69NO3. The van der Waals surface area contributed by atoms with Gasteiger partial charge < -0.3 is 15.5 Å². The summed E-state index contributed by atoms with van der Waals surface area (Å²) in [6, 6.07) is -0.624. The molecule has 0 bridgehead atoms. The van der Waals surface area contributed by atoms with Crippen molar-refractivity contribution in [3.05, 3.63) is 85.1 Å². The monoisotopic (exact) mass is 624 g/mol. The maximum absolute atomic E-state index is 12.2. The van der Waals surface area contributed by atoms with Gasteiger partial charge >= 0.3 is 0 Å². The lowest BCUT2D eigenvalue weighted by atomic mass is 10.0. The highest BCUT2D eigenvalue weighted by Gasteiger charge is 2.17. The summed E-state index contributed by atoms with van der Waals surface area (Å²) in [6.07, 6.45) is 52.9. The molecule has 0 aromatic rings. The molecule has 0 saturated carbocycles. The first-order valence-corrected chi connectivity index (χ1v) is 18.3. The SMILES string of the molecule is CC/C=C\C/C=C\C/C=C\C/C=C\C/C=C\C/C=C\CCCCCCCCCCCCC(=O)NC(CO)C(O)/C=C/CCCC. The normalized spacial score (nSPS) is 14.1. The zero-order valence-corrected chi connectivity index (χ0v) is 29.1. The number of nitrogens with one attached hydrogen (secondary N) is 1. The highest BCUT2D eigenvalue weighted by atomic mass is 16.3. The molecule has 2 unspecified atom stereocenters. The minimum atomic E-state index is -0.840. The molecule has 4 heteroatoms. The summed E-state index contributed by atoms with van der Waals surface area (Å²) < 4.78 is 0. The number of aliphatic hydroxyl groups excluding tert-OH is 2. The van der Waals surface area contributed by atoms with Gasteiger partial charge in [0.1, 0.15) is 0 Å². The molecule has 0 saturated heterocycles. The zero-order valence-electron chi connectivity index (χ0n) is 29.1. The van der Waals surface area contributed by atoms with Gasteiger partial charge in [-0.1, -0.05) is 163 Å². The van der Waals surface area contributed by atoms with Crippen LogP contribution in [0.5, 0.6) is 0 Å². The van der Waals surface area contributed by atoms with Crippen LogP contribution in [-0.2, 0) is 4.79 Å². The first-order chi connectivity index (χ1) is 22.2. The predicted molar refractivity (Wildman–Crippen MR) is 197 cm³/mol. The third-order valence-electron chi connectivity index (χ3n) is 7.63. The minimum Gasteiger partial charge on any atom is -0.394 e. The fourth-order valence-corrected chi connectivity index (χ4v) is 4.81. The Balaban J connectivity index is 3.54. The molecule has 4 nitrogen and oxygen atoms in total. The summed E-state index contributed by atoms with van der Waals surface area (Å²) in [7, 11) is 0. The van der Waals surface area contributed by atoms with Gasteiger partial charge in [-0.2, -0.15) is 0 Å². The van der Waals surface area contributed by atoms with E-state index in [1.54, 1.807) is 6.08 Å². The molecule has 2 atom stereocenters. The summed E-state index contributed by atoms with van der Waals surface area (Å²) in [5, 5.41) is 22.5. The first-order valence-electron chi connectivity index (χ1n) is 18.3. The molecule has 0 heterocycles. The van der Waals surface area contributed by atoms with Gasteiger partial charge in [0.15, 0.2) is 0 Å². The van der Waals surface area contributed by atoms with E-state index < -0.39 is 12.1 Å². The second kappa shape index (κ2) is 36.0. The average molecular weight is 624 g/mol. The predicted octanol–water partition coefficient (Wildman–Crippen LogP) is 10.9. The Morgan fingerprint density at radius 2 is 0.978 bits per heavy atom. The van der Waals surface area contributed by atoms with Crippen LogP contribution in [0.25, 0.3) is 0 Å². The second-order valence-electron chi connectivity index (χ2n) is 11.9. The van der Waals surface area contributed by atoms with Crippen molar-refractivity contribution in [1.29, 1.82) is 0 Å². The first kappa shape index (κ1) is 42.6. The van der Waals surface area contributed by atoms with Gasteiger partial charge in [-0.15, -0.1) is 0 Å². The lowest BCUT2D eigenvalue weighted by Gasteiger charge is -2.19. The van der Waals surface area contributed by atoms with Crippen molar-refractivity contribution in [2.45, 2.75) is 161 Å². The van der Waals surface area contributed by atoms with E-state index in [1.807, 2.05) is 6.08 Å². The number of hydrogen-bond donors (Lipinski definition) is 3. The van der Waals surface area contributed by atoms with Crippen LogP contribution in [-0.4, -0.2) is 34.9 Å². The fourth-order valence-electron chi connectivity index (χ4n) is 4.81. The molecular weight excluding hydrogens is 554 g/mol. The van der Waals surface area contributed by atoms with E-state index in [0.29, 0.717) is 6.42 Å². The van der Waals surface area contributed by atoms with E-state index in [4.69, 9.17) is 0 Å². The van der Waals surface area contributed by atoms with Crippen molar-refractivity contribution in [3.8, 4) is 0 Å². The van der Waals surface area contributed by atoms with Crippen molar-refractivity contribution in [2.24, 2.45) is 0 Å². The second-order valence-corrected chi connectivity index (χ2v) is 11.9. The molecule has 0 aliphatic heterocycles. The number of allylic oxidation sites excluding steroid dienone is 13. The lowest BCUT2D eigenvalue weighted by Crippen LogP contribution is -2.45. The number of carbonyl (C=O) groups is 1. The van der Waals surface area contributed by atoms with Crippen molar-refractivity contribution in [3.63, 3.8) is 0 Å². The summed E-state index contributed by atoms with van der Waals surface area (Å²) in [5.74, 6) is -0.0842. The van der Waals surface area contributed by atoms with Crippen LogP contribution in [0, 0.1) is 0 Å². The molecule has 256 valence electrons. The maximum Gasteiger partial charge on any atom is 0.220 e. The summed E-state index contributed by atoms with van der Waals surface area (Å²) >= 11 is 0. The quantitative estimate of drug-likeness (QED) is 0.0531. The minimum absolute atomic E-state index is 0.0842. The Kier molecular flexibility index (Phi) is 34.1. The molecule has 45 heavy (non-hydrogen) atoms. The Bertz CT molecular complexity index is 849. The molecule has 0 aromatic carbocycles. The van der Waals surface area contributed by atoms with Crippen LogP contribution in [0.3, 0.4) is 0 Å². The highest BCUT2D eigenvalue weighted by Crippen LogP contribution is 2.12. The van der Waals surface area contributed by atoms with Gasteiger partial charge in [0.05, 0.1) is 18.8 Å². The van der Waals surface area contributed by atoms with Crippen LogP contribution in [0.2, 0.25) is 0 Å². The average Bonchev–Trinajstić information content (AvgIpc) is 3.04. The van der Waals surface area contributed by atoms with Crippen LogP contribution in [0.4, 0.5) is 0 Å². The van der Waals surface area contributed by atoms with Gasteiger partial charge in [-0.25, -0.2) is 0 Å². The Morgan fingerprint density at radius 3 is 1.44 bits per heavy atom. The topological polar surface area (TPSA) is 69.6 Å². The van der Waals surface area contributed by atoms with E-state index in [2.05, 4.69) is 92.1 Å². The van der Waals surface area contributed by atoms with E-state index in [-0.39, 0.29) is 12.5 Å². The third-order valence-corrected chi connectivity index (χ3v) is 7.63. The highest BCUT2D eigenvalue weighted by molar-refractivity contribution is 5.76. The van der Waals surface area contributed by atoms with Crippen LogP contribution in [0.1, 0.15) is 149 Å². The number of rotatable bonds is 31. The smallest absolute Gasteiger partial charge is 0.220 e. The van der Waals surface area contributed by atoms with Gasteiger partial charge in [0.2, 0.25) is 5.91 Å². The molecule has 1 amide bonds. The number of amides is 1. The van der Waals surface area contributed by atoms with Crippen molar-refractivity contribution >= 4 is 5.91 Å². The van der Waals surface area contributed by atoms with Gasteiger partial charge in [0.25, 0.3) is 0 Å². The standard InChI is InChI=1S/C41H69NO3/c1-3-5-7-9-10-11-12-13-14-15-16-17-18-19-20-21-22-23-24-25-26-27-28-29-30-31-32-33-35-37-41(45)42-39(38-43)40(44)36-34-8-6-4-2/h5,7,10-11,13-14,16-17,19-20,22-23,34,36,39-40,43-44H,3-4,6,8-9,12,15,18,21,24-33,35,37-38H2,1-2H3,(H,42,45)/b7-5-,11-10-,14-13-,17-16-,20-19-,23-22-,36-34+. The van der Waals surface area contributed by atoms with Crippen LogP contribution in [0.15, 0.2) is 85.1 Å². The molecule has 3 N–H and O–H groups in total. The van der Waals surface area contributed by atoms with Crippen LogP contribution >= 0.6 is 0 Å². The van der Waals surface area contributed by atoms with Crippen molar-refractivity contribution in [2.75, 3.05) is 6.61 Å². The lowest BCUT2D eigenvalue weighted by molar-refractivity contribution is -0.123.